The number of rotatable bonds is 6. The molecule has 1 amide bonds. The van der Waals surface area contributed by atoms with Crippen molar-refractivity contribution in [2.45, 2.75) is 38.8 Å². The van der Waals surface area contributed by atoms with E-state index in [0.29, 0.717) is 17.3 Å². The molecule has 0 unspecified atom stereocenters. The molecule has 29 heavy (non-hydrogen) atoms. The molecule has 2 heterocycles. The molecule has 0 spiro atoms. The molecule has 1 aliphatic rings. The van der Waals surface area contributed by atoms with Crippen LogP contribution in [0.15, 0.2) is 59.1 Å². The molecule has 0 radical (unpaired) electrons. The van der Waals surface area contributed by atoms with Gasteiger partial charge in [0.15, 0.2) is 0 Å². The van der Waals surface area contributed by atoms with E-state index in [1.807, 2.05) is 54.6 Å². The zero-order chi connectivity index (χ0) is 19.9. The van der Waals surface area contributed by atoms with Crippen LogP contribution in [0.4, 0.5) is 0 Å². The summed E-state index contributed by atoms with van der Waals surface area (Å²) in [5.41, 5.74) is 2.76. The van der Waals surface area contributed by atoms with Gasteiger partial charge in [0.1, 0.15) is 0 Å². The molecule has 3 aromatic rings. The van der Waals surface area contributed by atoms with E-state index in [9.17, 15) is 4.79 Å². The second-order valence-corrected chi connectivity index (χ2v) is 7.45. The third kappa shape index (κ3) is 5.29. The van der Waals surface area contributed by atoms with E-state index in [1.165, 1.54) is 31.2 Å². The number of aromatic nitrogens is 2. The van der Waals surface area contributed by atoms with E-state index in [1.54, 1.807) is 0 Å². The van der Waals surface area contributed by atoms with E-state index >= 15 is 0 Å². The fourth-order valence-electron chi connectivity index (χ4n) is 3.60. The van der Waals surface area contributed by atoms with Crippen LogP contribution < -0.4 is 5.32 Å². The molecule has 0 saturated carbocycles. The Labute approximate surface area is 170 Å². The SMILES string of the molecule is O=C(NCc1nc(-c2ccccc2)no1)c1ccc(CN2CCCCCC2)cc1. The fraction of sp³-hybridized carbons (Fsp3) is 0.348. The molecule has 6 nitrogen and oxygen atoms in total. The summed E-state index contributed by atoms with van der Waals surface area (Å²) in [6.45, 7) is 3.48. The number of amides is 1. The molecule has 1 aliphatic heterocycles. The number of carbonyl (C=O) groups is 1. The quantitative estimate of drug-likeness (QED) is 0.688. The van der Waals surface area contributed by atoms with E-state index in [2.05, 4.69) is 20.4 Å². The van der Waals surface area contributed by atoms with Gasteiger partial charge in [0.25, 0.3) is 5.91 Å². The van der Waals surface area contributed by atoms with Gasteiger partial charge in [-0.05, 0) is 43.6 Å². The van der Waals surface area contributed by atoms with Gasteiger partial charge in [-0.3, -0.25) is 9.69 Å². The second-order valence-electron chi connectivity index (χ2n) is 7.45. The van der Waals surface area contributed by atoms with E-state index in [4.69, 9.17) is 4.52 Å². The van der Waals surface area contributed by atoms with Crippen LogP contribution in [0, 0.1) is 0 Å². The van der Waals surface area contributed by atoms with Gasteiger partial charge < -0.3 is 9.84 Å². The average Bonchev–Trinajstić information content (AvgIpc) is 3.10. The molecule has 6 heteroatoms. The van der Waals surface area contributed by atoms with E-state index < -0.39 is 0 Å². The Morgan fingerprint density at radius 3 is 2.41 bits per heavy atom. The summed E-state index contributed by atoms with van der Waals surface area (Å²) in [7, 11) is 0. The van der Waals surface area contributed by atoms with Crippen molar-refractivity contribution in [2.24, 2.45) is 0 Å². The van der Waals surface area contributed by atoms with Gasteiger partial charge in [-0.2, -0.15) is 4.98 Å². The topological polar surface area (TPSA) is 71.3 Å². The first-order valence-electron chi connectivity index (χ1n) is 10.3. The van der Waals surface area contributed by atoms with Crippen LogP contribution in [-0.4, -0.2) is 34.0 Å². The number of nitrogens with zero attached hydrogens (tertiary/aromatic N) is 3. The first-order valence-corrected chi connectivity index (χ1v) is 10.3. The smallest absolute Gasteiger partial charge is 0.251 e. The summed E-state index contributed by atoms with van der Waals surface area (Å²) >= 11 is 0. The van der Waals surface area contributed by atoms with Crippen molar-refractivity contribution in [2.75, 3.05) is 13.1 Å². The minimum absolute atomic E-state index is 0.147. The first kappa shape index (κ1) is 19.3. The molecule has 4 rings (SSSR count). The summed E-state index contributed by atoms with van der Waals surface area (Å²) in [6.07, 6.45) is 5.23. The van der Waals surface area contributed by atoms with Crippen molar-refractivity contribution in [1.29, 1.82) is 0 Å². The molecule has 0 bridgehead atoms. The molecule has 1 saturated heterocycles. The lowest BCUT2D eigenvalue weighted by Gasteiger charge is -2.19. The van der Waals surface area contributed by atoms with Gasteiger partial charge in [0.05, 0.1) is 6.54 Å². The fourth-order valence-corrected chi connectivity index (χ4v) is 3.60. The Hall–Kier alpha value is -2.99. The molecule has 1 N–H and O–H groups in total. The second kappa shape index (κ2) is 9.47. The molecule has 0 aliphatic carbocycles. The van der Waals surface area contributed by atoms with Gasteiger partial charge >= 0.3 is 0 Å². The number of nitrogens with one attached hydrogen (secondary N) is 1. The van der Waals surface area contributed by atoms with Crippen LogP contribution >= 0.6 is 0 Å². The number of benzene rings is 2. The van der Waals surface area contributed by atoms with Crippen LogP contribution in [0.3, 0.4) is 0 Å². The highest BCUT2D eigenvalue weighted by molar-refractivity contribution is 5.94. The highest BCUT2D eigenvalue weighted by Crippen LogP contribution is 2.15. The largest absolute Gasteiger partial charge is 0.343 e. The summed E-state index contributed by atoms with van der Waals surface area (Å²) in [6, 6.07) is 17.5. The minimum atomic E-state index is -0.147. The van der Waals surface area contributed by atoms with Crippen molar-refractivity contribution in [3.63, 3.8) is 0 Å². The Bertz CT molecular complexity index is 914. The summed E-state index contributed by atoms with van der Waals surface area (Å²) < 4.78 is 5.24. The predicted octanol–water partition coefficient (Wildman–Crippen LogP) is 4.04. The maximum absolute atomic E-state index is 12.4. The van der Waals surface area contributed by atoms with Crippen LogP contribution in [0.25, 0.3) is 11.4 Å². The lowest BCUT2D eigenvalue weighted by molar-refractivity contribution is 0.0946. The van der Waals surface area contributed by atoms with Crippen molar-refractivity contribution in [3.05, 3.63) is 71.6 Å². The molecule has 0 atom stereocenters. The molecule has 1 aromatic heterocycles. The maximum Gasteiger partial charge on any atom is 0.251 e. The number of hydrogen-bond donors (Lipinski definition) is 1. The number of likely N-dealkylation sites (tertiary alicyclic amines) is 1. The summed E-state index contributed by atoms with van der Waals surface area (Å²) in [4.78, 5) is 19.3. The zero-order valence-electron chi connectivity index (χ0n) is 16.5. The van der Waals surface area contributed by atoms with Gasteiger partial charge in [-0.25, -0.2) is 0 Å². The van der Waals surface area contributed by atoms with E-state index in [-0.39, 0.29) is 12.5 Å². The summed E-state index contributed by atoms with van der Waals surface area (Å²) in [5.74, 6) is 0.758. The van der Waals surface area contributed by atoms with Gasteiger partial charge in [0, 0.05) is 17.7 Å². The first-order chi connectivity index (χ1) is 14.3. The van der Waals surface area contributed by atoms with Crippen molar-refractivity contribution >= 4 is 5.91 Å². The van der Waals surface area contributed by atoms with Crippen molar-refractivity contribution < 1.29 is 9.32 Å². The van der Waals surface area contributed by atoms with Gasteiger partial charge in [-0.1, -0.05) is 60.5 Å². The lowest BCUT2D eigenvalue weighted by atomic mass is 10.1. The Kier molecular flexibility index (Phi) is 6.32. The normalized spacial score (nSPS) is 15.0. The van der Waals surface area contributed by atoms with Crippen LogP contribution in [-0.2, 0) is 13.1 Å². The molecule has 150 valence electrons. The van der Waals surface area contributed by atoms with E-state index in [0.717, 1.165) is 25.2 Å². The van der Waals surface area contributed by atoms with Crippen LogP contribution in [0.1, 0.15) is 47.5 Å². The third-order valence-corrected chi connectivity index (χ3v) is 5.22. The summed E-state index contributed by atoms with van der Waals surface area (Å²) in [5, 5.41) is 6.81. The average molecular weight is 390 g/mol. The van der Waals surface area contributed by atoms with Crippen molar-refractivity contribution in [1.82, 2.24) is 20.4 Å². The van der Waals surface area contributed by atoms with Crippen LogP contribution in [0.2, 0.25) is 0 Å². The monoisotopic (exact) mass is 390 g/mol. The highest BCUT2D eigenvalue weighted by atomic mass is 16.5. The molecular formula is C23H26N4O2. The molecule has 1 fully saturated rings. The standard InChI is InChI=1S/C23H26N4O2/c28-23(24-16-21-25-22(26-29-21)19-8-4-3-5-9-19)20-12-10-18(11-13-20)17-27-14-6-1-2-7-15-27/h3-5,8-13H,1-2,6-7,14-17H2,(H,24,28). The highest BCUT2D eigenvalue weighted by Gasteiger charge is 2.12. The van der Waals surface area contributed by atoms with Crippen LogP contribution in [0.5, 0.6) is 0 Å². The van der Waals surface area contributed by atoms with Gasteiger partial charge in [-0.15, -0.1) is 0 Å². The molecule has 2 aromatic carbocycles. The Morgan fingerprint density at radius 1 is 0.966 bits per heavy atom. The maximum atomic E-state index is 12.4. The Morgan fingerprint density at radius 2 is 1.69 bits per heavy atom. The zero-order valence-corrected chi connectivity index (χ0v) is 16.5. The third-order valence-electron chi connectivity index (χ3n) is 5.22. The lowest BCUT2D eigenvalue weighted by Crippen LogP contribution is -2.24. The number of carbonyl (C=O) groups excluding carboxylic acids is 1. The van der Waals surface area contributed by atoms with Crippen molar-refractivity contribution in [3.8, 4) is 11.4 Å². The minimum Gasteiger partial charge on any atom is -0.343 e. The predicted molar refractivity (Wildman–Crippen MR) is 111 cm³/mol. The molecular weight excluding hydrogens is 364 g/mol. The Balaban J connectivity index is 1.30. The number of hydrogen-bond acceptors (Lipinski definition) is 5. The van der Waals surface area contributed by atoms with Gasteiger partial charge in [0.2, 0.25) is 11.7 Å².